The van der Waals surface area contributed by atoms with E-state index in [9.17, 15) is 4.79 Å². The smallest absolute Gasteiger partial charge is 0.309 e. The summed E-state index contributed by atoms with van der Waals surface area (Å²) in [6.45, 7) is 3.93. The van der Waals surface area contributed by atoms with Gasteiger partial charge in [-0.25, -0.2) is 0 Å². The van der Waals surface area contributed by atoms with Gasteiger partial charge in [0.1, 0.15) is 0 Å². The van der Waals surface area contributed by atoms with E-state index < -0.39 is 0 Å². The Morgan fingerprint density at radius 1 is 1.45 bits per heavy atom. The lowest BCUT2D eigenvalue weighted by molar-refractivity contribution is -0.936. The van der Waals surface area contributed by atoms with Crippen molar-refractivity contribution in [2.24, 2.45) is 5.92 Å². The highest BCUT2D eigenvalue weighted by Crippen LogP contribution is 2.24. The minimum Gasteiger partial charge on any atom is -0.469 e. The number of esters is 1. The van der Waals surface area contributed by atoms with E-state index in [1.165, 1.54) is 12.0 Å². The molecule has 2 aromatic rings. The van der Waals surface area contributed by atoms with Gasteiger partial charge in [-0.2, -0.15) is 0 Å². The highest BCUT2D eigenvalue weighted by atomic mass is 32.1. The van der Waals surface area contributed by atoms with Gasteiger partial charge < -0.3 is 14.1 Å². The van der Waals surface area contributed by atoms with E-state index in [4.69, 9.17) is 9.15 Å². The molecule has 1 saturated heterocycles. The molecule has 6 nitrogen and oxygen atoms in total. The molecular weight excluding hydrogens is 302 g/mol. The summed E-state index contributed by atoms with van der Waals surface area (Å²) in [5, 5.41) is 10.3. The van der Waals surface area contributed by atoms with Crippen LogP contribution in [0.5, 0.6) is 0 Å². The summed E-state index contributed by atoms with van der Waals surface area (Å²) < 4.78 is 10.6. The highest BCUT2D eigenvalue weighted by molar-refractivity contribution is 7.13. The Hall–Kier alpha value is -1.73. The maximum atomic E-state index is 11.6. The van der Waals surface area contributed by atoms with Gasteiger partial charge >= 0.3 is 5.97 Å². The third-order valence-electron chi connectivity index (χ3n) is 4.32. The highest BCUT2D eigenvalue weighted by Gasteiger charge is 2.33. The predicted molar refractivity (Wildman–Crippen MR) is 81.5 cm³/mol. The van der Waals surface area contributed by atoms with E-state index in [2.05, 4.69) is 17.1 Å². The van der Waals surface area contributed by atoms with E-state index in [0.29, 0.717) is 11.8 Å². The predicted octanol–water partition coefficient (Wildman–Crippen LogP) is 1.33. The summed E-state index contributed by atoms with van der Waals surface area (Å²) in [7, 11) is 1.45. The molecule has 1 atom stereocenters. The summed E-state index contributed by atoms with van der Waals surface area (Å²) in [6, 6.07) is 4.08. The van der Waals surface area contributed by atoms with Gasteiger partial charge in [-0.05, 0) is 18.4 Å². The molecule has 3 rings (SSSR count). The number of quaternary nitrogens is 1. The molecule has 0 spiro atoms. The number of ether oxygens (including phenoxy) is 1. The van der Waals surface area contributed by atoms with Crippen LogP contribution in [0.2, 0.25) is 0 Å². The lowest BCUT2D eigenvalue weighted by atomic mass is 9.96. The van der Waals surface area contributed by atoms with Crippen LogP contribution in [0.1, 0.15) is 31.7 Å². The van der Waals surface area contributed by atoms with Gasteiger partial charge in [0.05, 0.1) is 31.0 Å². The fourth-order valence-corrected chi connectivity index (χ4v) is 3.55. The van der Waals surface area contributed by atoms with Crippen LogP contribution in [0.15, 0.2) is 21.9 Å². The average Bonchev–Trinajstić information content (AvgIpc) is 3.24. The first-order valence-electron chi connectivity index (χ1n) is 7.48. The van der Waals surface area contributed by atoms with E-state index in [0.717, 1.165) is 30.8 Å². The van der Waals surface area contributed by atoms with Crippen molar-refractivity contribution in [3.8, 4) is 10.8 Å². The molecule has 0 saturated carbocycles. The molecule has 2 aromatic heterocycles. The zero-order valence-corrected chi connectivity index (χ0v) is 13.6. The van der Waals surface area contributed by atoms with Gasteiger partial charge in [-0.1, -0.05) is 6.07 Å². The summed E-state index contributed by atoms with van der Waals surface area (Å²) in [4.78, 5) is 13.9. The average molecular weight is 322 g/mol. The zero-order chi connectivity index (χ0) is 15.5. The van der Waals surface area contributed by atoms with Crippen LogP contribution in [-0.4, -0.2) is 36.4 Å². The molecule has 1 aliphatic heterocycles. The quantitative estimate of drug-likeness (QED) is 0.860. The summed E-state index contributed by atoms with van der Waals surface area (Å²) in [5.41, 5.74) is 0. The number of rotatable bonds is 4. The second kappa shape index (κ2) is 6.58. The van der Waals surface area contributed by atoms with Crippen LogP contribution >= 0.6 is 11.3 Å². The number of hydrogen-bond acceptors (Lipinski definition) is 6. The van der Waals surface area contributed by atoms with E-state index in [1.807, 2.05) is 17.5 Å². The van der Waals surface area contributed by atoms with Gasteiger partial charge in [0.25, 0.3) is 11.8 Å². The Morgan fingerprint density at radius 3 is 2.86 bits per heavy atom. The summed E-state index contributed by atoms with van der Waals surface area (Å²) >= 11 is 1.59. The summed E-state index contributed by atoms with van der Waals surface area (Å²) in [6.07, 6.45) is 1.69. The number of methoxy groups -OCH3 is 1. The van der Waals surface area contributed by atoms with Crippen molar-refractivity contribution in [1.82, 2.24) is 10.2 Å². The van der Waals surface area contributed by atoms with Crippen LogP contribution in [0.4, 0.5) is 0 Å². The first-order valence-corrected chi connectivity index (χ1v) is 8.36. The van der Waals surface area contributed by atoms with Gasteiger partial charge in [0.2, 0.25) is 0 Å². The van der Waals surface area contributed by atoms with Crippen molar-refractivity contribution >= 4 is 17.3 Å². The van der Waals surface area contributed by atoms with Crippen LogP contribution in [-0.2, 0) is 9.53 Å². The largest absolute Gasteiger partial charge is 0.469 e. The monoisotopic (exact) mass is 322 g/mol. The number of thiophene rings is 1. The van der Waals surface area contributed by atoms with E-state index in [-0.39, 0.29) is 17.9 Å². The lowest BCUT2D eigenvalue weighted by Gasteiger charge is -2.30. The number of carbonyl (C=O) groups excluding carboxylic acids is 1. The number of piperidine rings is 1. The lowest BCUT2D eigenvalue weighted by Crippen LogP contribution is -3.13. The van der Waals surface area contributed by atoms with Gasteiger partial charge in [0.15, 0.2) is 6.04 Å². The molecule has 22 heavy (non-hydrogen) atoms. The molecule has 3 heterocycles. The number of nitrogens with one attached hydrogen (secondary N) is 1. The number of likely N-dealkylation sites (tertiary alicyclic amines) is 1. The molecule has 7 heteroatoms. The molecular formula is C15H20N3O3S+. The SMILES string of the molecule is COC(=O)C1CC[NH+]([C@H](C)c2nnc(-c3cccs3)o2)CC1. The van der Waals surface area contributed by atoms with Crippen LogP contribution in [0.25, 0.3) is 10.8 Å². The van der Waals surface area contributed by atoms with Gasteiger partial charge in [-0.15, -0.1) is 21.5 Å². The topological polar surface area (TPSA) is 69.7 Å². The molecule has 0 unspecified atom stereocenters. The molecule has 0 radical (unpaired) electrons. The van der Waals surface area contributed by atoms with Gasteiger partial charge in [0, 0.05) is 12.8 Å². The first-order chi connectivity index (χ1) is 10.7. The molecule has 0 aromatic carbocycles. The fraction of sp³-hybridized carbons (Fsp3) is 0.533. The Morgan fingerprint density at radius 2 is 2.23 bits per heavy atom. The maximum Gasteiger partial charge on any atom is 0.309 e. The molecule has 1 aliphatic rings. The summed E-state index contributed by atoms with van der Waals surface area (Å²) in [5.74, 6) is 1.19. The molecule has 0 aliphatic carbocycles. The Kier molecular flexibility index (Phi) is 4.54. The zero-order valence-electron chi connectivity index (χ0n) is 12.7. The van der Waals surface area contributed by atoms with Crippen LogP contribution < -0.4 is 4.90 Å². The molecule has 1 N–H and O–H groups in total. The van der Waals surface area contributed by atoms with E-state index in [1.54, 1.807) is 11.3 Å². The minimum absolute atomic E-state index is 0.0327. The van der Waals surface area contributed by atoms with Crippen molar-refractivity contribution in [1.29, 1.82) is 0 Å². The van der Waals surface area contributed by atoms with Crippen LogP contribution in [0, 0.1) is 5.92 Å². The first kappa shape index (κ1) is 15.2. The van der Waals surface area contributed by atoms with Crippen molar-refractivity contribution in [2.45, 2.75) is 25.8 Å². The van der Waals surface area contributed by atoms with Crippen molar-refractivity contribution in [3.63, 3.8) is 0 Å². The van der Waals surface area contributed by atoms with Gasteiger partial charge in [-0.3, -0.25) is 4.79 Å². The number of hydrogen-bond donors (Lipinski definition) is 1. The molecule has 1 fully saturated rings. The number of carbonyl (C=O) groups is 1. The number of aromatic nitrogens is 2. The fourth-order valence-electron chi connectivity index (χ4n) is 2.91. The van der Waals surface area contributed by atoms with Crippen LogP contribution in [0.3, 0.4) is 0 Å². The maximum absolute atomic E-state index is 11.6. The van der Waals surface area contributed by atoms with Crippen molar-refractivity contribution in [2.75, 3.05) is 20.2 Å². The molecule has 118 valence electrons. The third-order valence-corrected chi connectivity index (χ3v) is 5.18. The second-order valence-electron chi connectivity index (χ2n) is 5.60. The number of nitrogens with zero attached hydrogens (tertiary/aromatic N) is 2. The third kappa shape index (κ3) is 3.05. The van der Waals surface area contributed by atoms with Crippen molar-refractivity contribution < 1.29 is 18.8 Å². The second-order valence-corrected chi connectivity index (χ2v) is 6.55. The Labute approximate surface area is 133 Å². The Bertz CT molecular complexity index is 618. The standard InChI is InChI=1S/C15H19N3O3S/c1-10(18-7-5-11(6-8-18)15(19)20-2)13-16-17-14(21-13)12-4-3-9-22-12/h3-4,9-11H,5-8H2,1-2H3/p+1/t10-/m1/s1. The van der Waals surface area contributed by atoms with Crippen molar-refractivity contribution in [3.05, 3.63) is 23.4 Å². The molecule has 0 bridgehead atoms. The van der Waals surface area contributed by atoms with E-state index >= 15 is 0 Å². The minimum atomic E-state index is -0.0931. The normalized spacial score (nSPS) is 23.2. The Balaban J connectivity index is 1.63. The molecule has 0 amide bonds.